The number of carbonyl (C=O) groups is 1. The summed E-state index contributed by atoms with van der Waals surface area (Å²) < 4.78 is 1.00. The van der Waals surface area contributed by atoms with Crippen molar-refractivity contribution in [1.29, 1.82) is 0 Å². The maximum Gasteiger partial charge on any atom is 0.243 e. The fraction of sp³-hybridized carbons (Fsp3) is 0.206. The van der Waals surface area contributed by atoms with Crippen LogP contribution in [0.2, 0.25) is 0 Å². The van der Waals surface area contributed by atoms with Gasteiger partial charge >= 0.3 is 0 Å². The van der Waals surface area contributed by atoms with E-state index in [0.717, 1.165) is 30.5 Å². The fourth-order valence-corrected chi connectivity index (χ4v) is 5.07. The van der Waals surface area contributed by atoms with Gasteiger partial charge in [0.1, 0.15) is 6.15 Å². The van der Waals surface area contributed by atoms with Gasteiger partial charge < -0.3 is 9.80 Å². The minimum Gasteiger partial charge on any atom is -0.352 e. The number of nitrogens with zero attached hydrogens (tertiary/aromatic N) is 1. The number of nitrogens with one attached hydrogen (secondary N) is 1. The molecule has 4 heteroatoms. The predicted octanol–water partition coefficient (Wildman–Crippen LogP) is 3.84. The molecule has 0 atom stereocenters. The lowest BCUT2D eigenvalue weighted by molar-refractivity contribution is -0.888. The molecule has 0 radical (unpaired) electrons. The summed E-state index contributed by atoms with van der Waals surface area (Å²) in [6.45, 7) is 8.51. The van der Waals surface area contributed by atoms with Crippen molar-refractivity contribution in [2.45, 2.75) is 13.3 Å². The lowest BCUT2D eigenvalue weighted by Crippen LogP contribution is -2.74. The highest BCUT2D eigenvalue weighted by molar-refractivity contribution is 7.19. The molecular formula is C34H41BN2O. The Morgan fingerprint density at radius 2 is 1.05 bits per heavy atom. The number of hydrogen-bond acceptors (Lipinski definition) is 1. The van der Waals surface area contributed by atoms with Gasteiger partial charge in [0.2, 0.25) is 5.91 Å². The zero-order valence-corrected chi connectivity index (χ0v) is 23.1. The molecule has 4 rings (SSSR count). The van der Waals surface area contributed by atoms with E-state index in [1.54, 1.807) is 0 Å². The zero-order valence-electron chi connectivity index (χ0n) is 23.1. The van der Waals surface area contributed by atoms with Crippen molar-refractivity contribution in [2.75, 3.05) is 33.7 Å². The molecule has 1 N–H and O–H groups in total. The summed E-state index contributed by atoms with van der Waals surface area (Å²) in [5, 5.41) is 2.76. The Morgan fingerprint density at radius 1 is 0.711 bits per heavy atom. The van der Waals surface area contributed by atoms with Gasteiger partial charge in [0, 0.05) is 13.0 Å². The molecule has 4 aromatic rings. The standard InChI is InChI=1S/C24H20B.C10H20N2O/c1-5-13-21(14-6-1)25(22-15-7-2-8-16-22,23-17-9-3-10-18-23)24-19-11-4-12-20-24;1-5-10(13)11-8-7-9-12(3,4)6-2/h1-20H;5H,1,6-9H2,2-4H3/q-1;/p+1. The van der Waals surface area contributed by atoms with Crippen LogP contribution in [-0.4, -0.2) is 50.3 Å². The molecule has 0 fully saturated rings. The third-order valence-corrected chi connectivity index (χ3v) is 7.48. The van der Waals surface area contributed by atoms with E-state index in [9.17, 15) is 4.79 Å². The van der Waals surface area contributed by atoms with E-state index in [1.807, 2.05) is 0 Å². The summed E-state index contributed by atoms with van der Waals surface area (Å²) in [7, 11) is 4.38. The summed E-state index contributed by atoms with van der Waals surface area (Å²) in [5.74, 6) is -0.0817. The third kappa shape index (κ3) is 7.33. The molecule has 4 aromatic carbocycles. The predicted molar refractivity (Wildman–Crippen MR) is 165 cm³/mol. The Balaban J connectivity index is 0.000000263. The number of rotatable bonds is 10. The molecule has 0 bridgehead atoms. The number of benzene rings is 4. The molecule has 1 amide bonds. The van der Waals surface area contributed by atoms with Gasteiger partial charge in [0.15, 0.2) is 0 Å². The molecule has 0 aliphatic rings. The molecular weight excluding hydrogens is 463 g/mol. The summed E-state index contributed by atoms with van der Waals surface area (Å²) >= 11 is 0. The zero-order chi connectivity index (χ0) is 27.3. The van der Waals surface area contributed by atoms with E-state index in [-0.39, 0.29) is 5.91 Å². The van der Waals surface area contributed by atoms with Crippen molar-refractivity contribution >= 4 is 33.9 Å². The normalized spacial score (nSPS) is 11.1. The van der Waals surface area contributed by atoms with E-state index in [0.29, 0.717) is 0 Å². The first-order chi connectivity index (χ1) is 18.4. The fourth-order valence-electron chi connectivity index (χ4n) is 5.07. The van der Waals surface area contributed by atoms with Gasteiger partial charge in [-0.2, -0.15) is 21.9 Å². The molecule has 196 valence electrons. The van der Waals surface area contributed by atoms with E-state index in [1.165, 1.54) is 27.9 Å². The lowest BCUT2D eigenvalue weighted by atomic mass is 9.13. The average molecular weight is 505 g/mol. The maximum absolute atomic E-state index is 10.8. The van der Waals surface area contributed by atoms with Crippen LogP contribution >= 0.6 is 0 Å². The van der Waals surface area contributed by atoms with Crippen LogP contribution in [0, 0.1) is 0 Å². The lowest BCUT2D eigenvalue weighted by Gasteiger charge is -2.44. The molecule has 0 aliphatic carbocycles. The number of carbonyl (C=O) groups excluding carboxylic acids is 1. The molecule has 3 nitrogen and oxygen atoms in total. The van der Waals surface area contributed by atoms with Crippen LogP contribution < -0.4 is 27.2 Å². The summed E-state index contributed by atoms with van der Waals surface area (Å²) in [6, 6.07) is 43.5. The number of quaternary nitrogens is 1. The Labute approximate surface area is 229 Å². The molecule has 0 saturated heterocycles. The minimum absolute atomic E-state index is 0.0817. The van der Waals surface area contributed by atoms with Crippen molar-refractivity contribution in [3.8, 4) is 0 Å². The topological polar surface area (TPSA) is 29.1 Å². The van der Waals surface area contributed by atoms with Crippen LogP contribution in [0.5, 0.6) is 0 Å². The first kappa shape index (κ1) is 28.7. The maximum atomic E-state index is 10.8. The minimum atomic E-state index is -1.22. The third-order valence-electron chi connectivity index (χ3n) is 7.48. The van der Waals surface area contributed by atoms with E-state index in [2.05, 4.69) is 154 Å². The highest BCUT2D eigenvalue weighted by Crippen LogP contribution is 2.09. The molecule has 0 aliphatic heterocycles. The second-order valence-corrected chi connectivity index (χ2v) is 10.3. The largest absolute Gasteiger partial charge is 0.352 e. The van der Waals surface area contributed by atoms with Gasteiger partial charge in [0.25, 0.3) is 0 Å². The van der Waals surface area contributed by atoms with Crippen LogP contribution in [-0.2, 0) is 4.79 Å². The number of amides is 1. The first-order valence-electron chi connectivity index (χ1n) is 13.5. The second-order valence-electron chi connectivity index (χ2n) is 10.3. The molecule has 0 spiro atoms. The second kappa shape index (κ2) is 14.2. The van der Waals surface area contributed by atoms with Gasteiger partial charge in [-0.15, -0.1) is 0 Å². The SMILES string of the molecule is C=CC(=O)NCCC[N+](C)(C)CC.c1ccc([B-](c2ccccc2)(c2ccccc2)c2ccccc2)cc1. The first-order valence-corrected chi connectivity index (χ1v) is 13.5. The smallest absolute Gasteiger partial charge is 0.243 e. The van der Waals surface area contributed by atoms with Gasteiger partial charge in [0.05, 0.1) is 27.2 Å². The van der Waals surface area contributed by atoms with Crippen LogP contribution in [0.15, 0.2) is 134 Å². The van der Waals surface area contributed by atoms with Gasteiger partial charge in [-0.1, -0.05) is 128 Å². The Bertz CT molecular complexity index is 1080. The monoisotopic (exact) mass is 504 g/mol. The Hall–Kier alpha value is -3.89. The summed E-state index contributed by atoms with van der Waals surface area (Å²) in [4.78, 5) is 10.8. The summed E-state index contributed by atoms with van der Waals surface area (Å²) in [6.07, 6.45) is 1.10. The number of hydrogen-bond donors (Lipinski definition) is 1. The van der Waals surface area contributed by atoms with Gasteiger partial charge in [-0.3, -0.25) is 4.79 Å². The van der Waals surface area contributed by atoms with E-state index >= 15 is 0 Å². The van der Waals surface area contributed by atoms with Crippen LogP contribution in [0.1, 0.15) is 13.3 Å². The van der Waals surface area contributed by atoms with Crippen LogP contribution in [0.4, 0.5) is 0 Å². The molecule has 0 saturated carbocycles. The van der Waals surface area contributed by atoms with Crippen molar-refractivity contribution in [1.82, 2.24) is 5.32 Å². The molecule has 38 heavy (non-hydrogen) atoms. The Kier molecular flexibility index (Phi) is 10.7. The van der Waals surface area contributed by atoms with Crippen molar-refractivity contribution in [3.63, 3.8) is 0 Å². The average Bonchev–Trinajstić information content (AvgIpc) is 2.98. The van der Waals surface area contributed by atoms with Gasteiger partial charge in [-0.05, 0) is 13.0 Å². The Morgan fingerprint density at radius 3 is 1.34 bits per heavy atom. The molecule has 0 unspecified atom stereocenters. The van der Waals surface area contributed by atoms with Crippen molar-refractivity contribution in [3.05, 3.63) is 134 Å². The summed E-state index contributed by atoms with van der Waals surface area (Å²) in [5.41, 5.74) is 5.36. The highest BCUT2D eigenvalue weighted by atomic mass is 16.1. The van der Waals surface area contributed by atoms with Crippen LogP contribution in [0.25, 0.3) is 0 Å². The molecule has 0 heterocycles. The van der Waals surface area contributed by atoms with E-state index in [4.69, 9.17) is 0 Å². The van der Waals surface area contributed by atoms with Crippen molar-refractivity contribution in [2.24, 2.45) is 0 Å². The highest BCUT2D eigenvalue weighted by Gasteiger charge is 2.31. The van der Waals surface area contributed by atoms with E-state index < -0.39 is 6.15 Å². The van der Waals surface area contributed by atoms with Crippen LogP contribution in [0.3, 0.4) is 0 Å². The van der Waals surface area contributed by atoms with Crippen molar-refractivity contribution < 1.29 is 9.28 Å². The molecule has 0 aromatic heterocycles. The van der Waals surface area contributed by atoms with Gasteiger partial charge in [-0.25, -0.2) is 0 Å². The quantitative estimate of drug-likeness (QED) is 0.151.